The molecule has 1 aliphatic heterocycles. The minimum absolute atomic E-state index is 0.474. The van der Waals surface area contributed by atoms with E-state index in [0.29, 0.717) is 11.5 Å². The van der Waals surface area contributed by atoms with E-state index in [2.05, 4.69) is 127 Å². The van der Waals surface area contributed by atoms with Crippen LogP contribution in [-0.4, -0.2) is 15.2 Å². The summed E-state index contributed by atoms with van der Waals surface area (Å²) in [6.07, 6.45) is 0. The van der Waals surface area contributed by atoms with Crippen LogP contribution >= 0.6 is 11.8 Å². The molecule has 1 spiro atoms. The monoisotopic (exact) mass is 669 g/mol. The highest BCUT2D eigenvalue weighted by Gasteiger charge is 2.50. The summed E-state index contributed by atoms with van der Waals surface area (Å²) in [7, 11) is 0. The number of hydrogen-bond donors (Lipinski definition) is 0. The summed E-state index contributed by atoms with van der Waals surface area (Å²) in [5.74, 6) is 0.587. The van der Waals surface area contributed by atoms with E-state index in [-0.39, 0.29) is 0 Å². The van der Waals surface area contributed by atoms with E-state index in [4.69, 9.17) is 19.6 Å². The molecule has 1 aliphatic carbocycles. The Morgan fingerprint density at radius 1 is 0.431 bits per heavy atom. The molecule has 7 aromatic carbocycles. The molecule has 9 aromatic rings. The second-order valence-electron chi connectivity index (χ2n) is 13.2. The van der Waals surface area contributed by atoms with Gasteiger partial charge in [-0.15, -0.1) is 10.2 Å². The molecular weight excluding hydrogens is 643 g/mol. The van der Waals surface area contributed by atoms with Gasteiger partial charge in [0.15, 0.2) is 5.82 Å². The standard InChI is InChI=1S/C46H27N3OS/c1-2-12-28(13-3-1)43-44(29-22-24-34-33-16-6-10-20-39(33)50-40(34)27-29)48-49-45(47-43)30-23-25-42-38(26-30)46(37-19-9-11-21-41(37)51-42)35-17-7-4-14-31(35)32-15-5-8-18-36(32)46/h1-27H. The quantitative estimate of drug-likeness (QED) is 0.187. The molecule has 0 N–H and O–H groups in total. The molecule has 2 aliphatic rings. The third kappa shape index (κ3) is 4.07. The van der Waals surface area contributed by atoms with Crippen LogP contribution in [0.3, 0.4) is 0 Å². The van der Waals surface area contributed by atoms with Crippen molar-refractivity contribution < 1.29 is 4.42 Å². The zero-order valence-corrected chi connectivity index (χ0v) is 28.1. The second-order valence-corrected chi connectivity index (χ2v) is 14.2. The van der Waals surface area contributed by atoms with Crippen molar-refractivity contribution >= 4 is 33.7 Å². The van der Waals surface area contributed by atoms with Gasteiger partial charge in [0.05, 0.1) is 5.41 Å². The molecule has 0 saturated heterocycles. The molecule has 5 heteroatoms. The lowest BCUT2D eigenvalue weighted by atomic mass is 9.67. The van der Waals surface area contributed by atoms with Gasteiger partial charge in [0.2, 0.25) is 0 Å². The first-order chi connectivity index (χ1) is 25.3. The molecule has 0 fully saturated rings. The van der Waals surface area contributed by atoms with Crippen LogP contribution in [0.5, 0.6) is 0 Å². The topological polar surface area (TPSA) is 51.8 Å². The van der Waals surface area contributed by atoms with Gasteiger partial charge in [-0.05, 0) is 75.8 Å². The third-order valence-corrected chi connectivity index (χ3v) is 11.6. The smallest absolute Gasteiger partial charge is 0.182 e. The Kier molecular flexibility index (Phi) is 6.07. The van der Waals surface area contributed by atoms with Crippen molar-refractivity contribution in [3.05, 3.63) is 186 Å². The maximum absolute atomic E-state index is 6.26. The molecule has 0 amide bonds. The highest BCUT2D eigenvalue weighted by atomic mass is 32.2. The first kappa shape index (κ1) is 28.5. The fourth-order valence-corrected chi connectivity index (χ4v) is 9.48. The summed E-state index contributed by atoms with van der Waals surface area (Å²) in [5.41, 5.74) is 13.2. The molecule has 2 aromatic heterocycles. The van der Waals surface area contributed by atoms with Crippen LogP contribution in [0.4, 0.5) is 0 Å². The number of fused-ring (bicyclic) bond motifs is 12. The van der Waals surface area contributed by atoms with E-state index >= 15 is 0 Å². The number of para-hydroxylation sites is 1. The molecule has 51 heavy (non-hydrogen) atoms. The van der Waals surface area contributed by atoms with E-state index in [1.54, 1.807) is 0 Å². The maximum atomic E-state index is 6.26. The third-order valence-electron chi connectivity index (χ3n) is 10.5. The lowest BCUT2D eigenvalue weighted by Gasteiger charge is -2.39. The van der Waals surface area contributed by atoms with Crippen molar-refractivity contribution in [3.63, 3.8) is 0 Å². The van der Waals surface area contributed by atoms with Crippen LogP contribution in [0.25, 0.3) is 67.0 Å². The van der Waals surface area contributed by atoms with Crippen molar-refractivity contribution in [2.75, 3.05) is 0 Å². The number of hydrogen-bond acceptors (Lipinski definition) is 5. The van der Waals surface area contributed by atoms with Crippen LogP contribution in [0.2, 0.25) is 0 Å². The molecule has 0 saturated carbocycles. The van der Waals surface area contributed by atoms with Crippen molar-refractivity contribution in [2.45, 2.75) is 15.2 Å². The fraction of sp³-hybridized carbons (Fsp3) is 0.0217. The van der Waals surface area contributed by atoms with Gasteiger partial charge in [-0.25, -0.2) is 4.98 Å². The zero-order valence-electron chi connectivity index (χ0n) is 27.2. The molecule has 4 nitrogen and oxygen atoms in total. The molecule has 3 heterocycles. The Morgan fingerprint density at radius 3 is 1.90 bits per heavy atom. The van der Waals surface area contributed by atoms with Crippen molar-refractivity contribution in [1.82, 2.24) is 15.2 Å². The van der Waals surface area contributed by atoms with E-state index in [9.17, 15) is 0 Å². The van der Waals surface area contributed by atoms with Crippen molar-refractivity contribution in [2.24, 2.45) is 0 Å². The maximum Gasteiger partial charge on any atom is 0.182 e. The summed E-state index contributed by atoms with van der Waals surface area (Å²) < 4.78 is 6.26. The van der Waals surface area contributed by atoms with Crippen molar-refractivity contribution in [1.29, 1.82) is 0 Å². The molecule has 0 atom stereocenters. The summed E-state index contributed by atoms with van der Waals surface area (Å²) in [6.45, 7) is 0. The van der Waals surface area contributed by atoms with E-state index in [1.165, 1.54) is 43.2 Å². The minimum Gasteiger partial charge on any atom is -0.456 e. The molecule has 0 unspecified atom stereocenters. The van der Waals surface area contributed by atoms with Crippen molar-refractivity contribution in [3.8, 4) is 45.0 Å². The lowest BCUT2D eigenvalue weighted by Crippen LogP contribution is -2.32. The Hall–Kier alpha value is -6.30. The van der Waals surface area contributed by atoms with Gasteiger partial charge in [0, 0.05) is 37.3 Å². The summed E-state index contributed by atoms with van der Waals surface area (Å²) >= 11 is 1.83. The first-order valence-corrected chi connectivity index (χ1v) is 17.9. The van der Waals surface area contributed by atoms with Crippen LogP contribution in [0, 0.1) is 0 Å². The predicted octanol–water partition coefficient (Wildman–Crippen LogP) is 11.6. The van der Waals surface area contributed by atoms with Crippen LogP contribution in [0.15, 0.2) is 178 Å². The number of benzene rings is 7. The van der Waals surface area contributed by atoms with E-state index < -0.39 is 5.41 Å². The lowest BCUT2D eigenvalue weighted by molar-refractivity contribution is 0.669. The number of aromatic nitrogens is 3. The van der Waals surface area contributed by atoms with Gasteiger partial charge in [-0.2, -0.15) is 0 Å². The average Bonchev–Trinajstić information content (AvgIpc) is 3.72. The SMILES string of the molecule is c1ccc(-c2nc(-c3ccc4c(c3)C3(c5ccccc5S4)c4ccccc4-c4ccccc43)nnc2-c2ccc3c(c2)oc2ccccc23)cc1. The Labute approximate surface area is 298 Å². The van der Waals surface area contributed by atoms with Gasteiger partial charge in [0.1, 0.15) is 22.6 Å². The number of furan rings is 1. The van der Waals surface area contributed by atoms with Gasteiger partial charge < -0.3 is 4.42 Å². The summed E-state index contributed by atoms with van der Waals surface area (Å²) in [5, 5.41) is 11.9. The minimum atomic E-state index is -0.474. The van der Waals surface area contributed by atoms with Gasteiger partial charge in [-0.1, -0.05) is 133 Å². The second kappa shape index (κ2) is 10.8. The molecule has 238 valence electrons. The molecule has 0 bridgehead atoms. The normalized spacial score (nSPS) is 13.6. The van der Waals surface area contributed by atoms with Gasteiger partial charge in [0.25, 0.3) is 0 Å². The molecular formula is C46H27N3OS. The average molecular weight is 670 g/mol. The van der Waals surface area contributed by atoms with Gasteiger partial charge >= 0.3 is 0 Å². The highest BCUT2D eigenvalue weighted by Crippen LogP contribution is 2.62. The Morgan fingerprint density at radius 2 is 1.08 bits per heavy atom. The van der Waals surface area contributed by atoms with Crippen LogP contribution < -0.4 is 0 Å². The van der Waals surface area contributed by atoms with E-state index in [0.717, 1.165) is 44.3 Å². The highest BCUT2D eigenvalue weighted by molar-refractivity contribution is 7.99. The Balaban J connectivity index is 1.12. The van der Waals surface area contributed by atoms with Crippen LogP contribution in [-0.2, 0) is 5.41 Å². The largest absolute Gasteiger partial charge is 0.456 e. The summed E-state index contributed by atoms with van der Waals surface area (Å²) in [4.78, 5) is 7.81. The van der Waals surface area contributed by atoms with Gasteiger partial charge in [-0.3, -0.25) is 0 Å². The molecule has 0 radical (unpaired) electrons. The van der Waals surface area contributed by atoms with E-state index in [1.807, 2.05) is 48.2 Å². The Bertz CT molecular complexity index is 2810. The number of nitrogens with zero attached hydrogens (tertiary/aromatic N) is 3. The predicted molar refractivity (Wildman–Crippen MR) is 205 cm³/mol. The molecule has 11 rings (SSSR count). The fourth-order valence-electron chi connectivity index (χ4n) is 8.31. The first-order valence-electron chi connectivity index (χ1n) is 17.1. The number of rotatable bonds is 3. The summed E-state index contributed by atoms with van der Waals surface area (Å²) in [6, 6.07) is 58.0. The van der Waals surface area contributed by atoms with Crippen LogP contribution in [0.1, 0.15) is 22.3 Å². The zero-order chi connectivity index (χ0) is 33.5.